The zero-order chi connectivity index (χ0) is 12.8. The molecule has 0 aromatic heterocycles. The molecule has 0 heterocycles. The van der Waals surface area contributed by atoms with Crippen LogP contribution in [0.2, 0.25) is 0 Å². The van der Waals surface area contributed by atoms with Crippen molar-refractivity contribution in [2.24, 2.45) is 5.92 Å². The number of aromatic hydroxyl groups is 1. The van der Waals surface area contributed by atoms with E-state index in [9.17, 15) is 5.11 Å². The van der Waals surface area contributed by atoms with Gasteiger partial charge in [-0.25, -0.2) is 0 Å². The summed E-state index contributed by atoms with van der Waals surface area (Å²) in [5.74, 6) is 0.799. The second-order valence-electron chi connectivity index (χ2n) is 4.78. The van der Waals surface area contributed by atoms with Crippen LogP contribution in [0.5, 0.6) is 5.75 Å². The van der Waals surface area contributed by atoms with Gasteiger partial charge in [0.25, 0.3) is 0 Å². The van der Waals surface area contributed by atoms with Crippen molar-refractivity contribution in [2.45, 2.75) is 20.3 Å². The fourth-order valence-corrected chi connectivity index (χ4v) is 2.16. The summed E-state index contributed by atoms with van der Waals surface area (Å²) in [5, 5.41) is 9.56. The zero-order valence-electron chi connectivity index (χ0n) is 11.7. The van der Waals surface area contributed by atoms with Gasteiger partial charge in [0.1, 0.15) is 5.75 Å². The van der Waals surface area contributed by atoms with Crippen LogP contribution < -0.4 is 0 Å². The molecular weight excluding hydrogens is 246 g/mol. The molecular formula is C15H24ClNO. The smallest absolute Gasteiger partial charge is 0.116 e. The first-order chi connectivity index (χ1) is 8.04. The number of phenolic OH excluding ortho intramolecular Hbond substituents is 1. The average molecular weight is 270 g/mol. The van der Waals surface area contributed by atoms with E-state index < -0.39 is 0 Å². The molecule has 0 radical (unpaired) electrons. The second kappa shape index (κ2) is 8.17. The third kappa shape index (κ3) is 5.11. The fourth-order valence-electron chi connectivity index (χ4n) is 2.16. The molecule has 0 saturated carbocycles. The Balaban J connectivity index is 0.00000289. The van der Waals surface area contributed by atoms with E-state index in [0.29, 0.717) is 11.7 Å². The predicted molar refractivity (Wildman–Crippen MR) is 81.3 cm³/mol. The monoisotopic (exact) mass is 269 g/mol. The van der Waals surface area contributed by atoms with Gasteiger partial charge in [0.15, 0.2) is 0 Å². The second-order valence-corrected chi connectivity index (χ2v) is 4.78. The molecule has 0 aliphatic rings. The van der Waals surface area contributed by atoms with Crippen molar-refractivity contribution in [3.05, 3.63) is 35.9 Å². The molecule has 0 aliphatic heterocycles. The van der Waals surface area contributed by atoms with E-state index in [1.807, 2.05) is 12.1 Å². The molecule has 1 rings (SSSR count). The molecule has 1 atom stereocenters. The number of allylic oxidation sites excluding steroid dienone is 1. The highest BCUT2D eigenvalue weighted by molar-refractivity contribution is 5.85. The third-order valence-corrected chi connectivity index (χ3v) is 2.77. The van der Waals surface area contributed by atoms with Crippen LogP contribution in [0.1, 0.15) is 25.8 Å². The highest BCUT2D eigenvalue weighted by atomic mass is 35.5. The van der Waals surface area contributed by atoms with Crippen LogP contribution in [-0.2, 0) is 0 Å². The van der Waals surface area contributed by atoms with Crippen molar-refractivity contribution in [3.63, 3.8) is 0 Å². The summed E-state index contributed by atoms with van der Waals surface area (Å²) in [5.41, 5.74) is 2.44. The molecule has 18 heavy (non-hydrogen) atoms. The van der Waals surface area contributed by atoms with Gasteiger partial charge >= 0.3 is 0 Å². The summed E-state index contributed by atoms with van der Waals surface area (Å²) in [6, 6.07) is 7.52. The van der Waals surface area contributed by atoms with Crippen molar-refractivity contribution in [3.8, 4) is 5.75 Å². The standard InChI is InChI=1S/C15H23NO.ClH/c1-5-7-15(12(2)11-16(3)4)13-8-6-9-14(17)10-13;/h6-10,12,17H,5,11H2,1-4H3;1H/b15-7-;. The number of phenols is 1. The third-order valence-electron chi connectivity index (χ3n) is 2.77. The van der Waals surface area contributed by atoms with Crippen molar-refractivity contribution < 1.29 is 5.11 Å². The molecule has 1 N–H and O–H groups in total. The Morgan fingerprint density at radius 3 is 2.56 bits per heavy atom. The van der Waals surface area contributed by atoms with Gasteiger partial charge in [-0.1, -0.05) is 32.1 Å². The van der Waals surface area contributed by atoms with E-state index in [0.717, 1.165) is 18.5 Å². The Bertz CT molecular complexity index is 388. The summed E-state index contributed by atoms with van der Waals surface area (Å²) < 4.78 is 0. The molecule has 0 saturated heterocycles. The van der Waals surface area contributed by atoms with E-state index in [2.05, 4.69) is 45.0 Å². The molecule has 1 aromatic carbocycles. The molecule has 0 spiro atoms. The lowest BCUT2D eigenvalue weighted by molar-refractivity contribution is 0.375. The molecule has 0 bridgehead atoms. The first kappa shape index (κ1) is 17.0. The van der Waals surface area contributed by atoms with Gasteiger partial charge in [-0.3, -0.25) is 0 Å². The number of rotatable bonds is 5. The lowest BCUT2D eigenvalue weighted by Crippen LogP contribution is -2.20. The van der Waals surface area contributed by atoms with Gasteiger partial charge in [0.05, 0.1) is 0 Å². The van der Waals surface area contributed by atoms with Gasteiger partial charge in [-0.05, 0) is 49.7 Å². The van der Waals surface area contributed by atoms with Crippen LogP contribution in [0.15, 0.2) is 30.3 Å². The van der Waals surface area contributed by atoms with Crippen LogP contribution in [0.25, 0.3) is 5.57 Å². The quantitative estimate of drug-likeness (QED) is 0.879. The minimum Gasteiger partial charge on any atom is -0.508 e. The number of nitrogens with zero attached hydrogens (tertiary/aromatic N) is 1. The molecule has 0 amide bonds. The molecule has 0 aliphatic carbocycles. The molecule has 1 aromatic rings. The van der Waals surface area contributed by atoms with E-state index in [1.165, 1.54) is 5.57 Å². The van der Waals surface area contributed by atoms with Crippen LogP contribution >= 0.6 is 12.4 Å². The van der Waals surface area contributed by atoms with E-state index >= 15 is 0 Å². The Morgan fingerprint density at radius 2 is 2.06 bits per heavy atom. The fraction of sp³-hybridized carbons (Fsp3) is 0.467. The zero-order valence-corrected chi connectivity index (χ0v) is 12.5. The minimum atomic E-state index is 0. The maximum absolute atomic E-state index is 9.56. The maximum Gasteiger partial charge on any atom is 0.116 e. The maximum atomic E-state index is 9.56. The van der Waals surface area contributed by atoms with Gasteiger partial charge in [0, 0.05) is 6.54 Å². The number of hydrogen-bond acceptors (Lipinski definition) is 2. The largest absolute Gasteiger partial charge is 0.508 e. The van der Waals surface area contributed by atoms with Gasteiger partial charge < -0.3 is 10.0 Å². The van der Waals surface area contributed by atoms with Crippen molar-refractivity contribution in [1.82, 2.24) is 4.90 Å². The highest BCUT2D eigenvalue weighted by Crippen LogP contribution is 2.26. The molecule has 2 nitrogen and oxygen atoms in total. The van der Waals surface area contributed by atoms with Crippen molar-refractivity contribution in [1.29, 1.82) is 0 Å². The molecule has 3 heteroatoms. The SMILES string of the molecule is CC/C=C(\c1cccc(O)c1)C(C)CN(C)C.Cl. The van der Waals surface area contributed by atoms with Gasteiger partial charge in [-0.15, -0.1) is 12.4 Å². The summed E-state index contributed by atoms with van der Waals surface area (Å²) >= 11 is 0. The van der Waals surface area contributed by atoms with Crippen LogP contribution in [-0.4, -0.2) is 30.6 Å². The summed E-state index contributed by atoms with van der Waals surface area (Å²) in [7, 11) is 4.17. The topological polar surface area (TPSA) is 23.5 Å². The number of halogens is 1. The average Bonchev–Trinajstić information content (AvgIpc) is 2.24. The van der Waals surface area contributed by atoms with Gasteiger partial charge in [-0.2, -0.15) is 0 Å². The molecule has 102 valence electrons. The van der Waals surface area contributed by atoms with Crippen molar-refractivity contribution >= 4 is 18.0 Å². The number of hydrogen-bond donors (Lipinski definition) is 1. The Morgan fingerprint density at radius 1 is 1.39 bits per heavy atom. The minimum absolute atomic E-state index is 0. The Labute approximate surface area is 117 Å². The lowest BCUT2D eigenvalue weighted by atomic mass is 9.92. The first-order valence-electron chi connectivity index (χ1n) is 6.18. The summed E-state index contributed by atoms with van der Waals surface area (Å²) in [4.78, 5) is 2.19. The normalized spacial score (nSPS) is 13.3. The van der Waals surface area contributed by atoms with Crippen molar-refractivity contribution in [2.75, 3.05) is 20.6 Å². The van der Waals surface area contributed by atoms with E-state index in [4.69, 9.17) is 0 Å². The summed E-state index contributed by atoms with van der Waals surface area (Å²) in [6.07, 6.45) is 3.27. The predicted octanol–water partition coefficient (Wildman–Crippen LogP) is 3.81. The first-order valence-corrected chi connectivity index (χ1v) is 6.18. The molecule has 1 unspecified atom stereocenters. The van der Waals surface area contributed by atoms with Crippen LogP contribution in [0, 0.1) is 5.92 Å². The Kier molecular flexibility index (Phi) is 7.72. The lowest BCUT2D eigenvalue weighted by Gasteiger charge is -2.20. The van der Waals surface area contributed by atoms with Crippen LogP contribution in [0.3, 0.4) is 0 Å². The molecule has 0 fully saturated rings. The van der Waals surface area contributed by atoms with E-state index in [1.54, 1.807) is 6.07 Å². The van der Waals surface area contributed by atoms with Crippen LogP contribution in [0.4, 0.5) is 0 Å². The van der Waals surface area contributed by atoms with Gasteiger partial charge in [0.2, 0.25) is 0 Å². The number of benzene rings is 1. The Hall–Kier alpha value is -0.990. The highest BCUT2D eigenvalue weighted by Gasteiger charge is 2.12. The van der Waals surface area contributed by atoms with E-state index in [-0.39, 0.29) is 12.4 Å². The summed E-state index contributed by atoms with van der Waals surface area (Å²) in [6.45, 7) is 5.39.